The highest BCUT2D eigenvalue weighted by molar-refractivity contribution is 7.07. The van der Waals surface area contributed by atoms with E-state index in [4.69, 9.17) is 4.74 Å². The molecule has 0 aliphatic carbocycles. The van der Waals surface area contributed by atoms with Gasteiger partial charge in [-0.2, -0.15) is 0 Å². The second-order valence-corrected chi connectivity index (χ2v) is 6.85. The summed E-state index contributed by atoms with van der Waals surface area (Å²) >= 11 is 1.54. The molecular weight excluding hydrogens is 362 g/mol. The van der Waals surface area contributed by atoms with Gasteiger partial charge in [0.25, 0.3) is 5.91 Å². The fourth-order valence-electron chi connectivity index (χ4n) is 2.94. The lowest BCUT2D eigenvalue weighted by Crippen LogP contribution is -2.49. The van der Waals surface area contributed by atoms with E-state index < -0.39 is 0 Å². The van der Waals surface area contributed by atoms with E-state index in [-0.39, 0.29) is 5.91 Å². The van der Waals surface area contributed by atoms with Gasteiger partial charge in [-0.3, -0.25) is 9.78 Å². The minimum Gasteiger partial charge on any atom is -0.487 e. The van der Waals surface area contributed by atoms with Gasteiger partial charge >= 0.3 is 0 Å². The van der Waals surface area contributed by atoms with Gasteiger partial charge in [-0.25, -0.2) is 9.97 Å². The largest absolute Gasteiger partial charge is 0.487 e. The maximum absolute atomic E-state index is 12.7. The molecule has 0 spiro atoms. The van der Waals surface area contributed by atoms with E-state index in [1.54, 1.807) is 35.4 Å². The molecule has 1 fully saturated rings. The smallest absolute Gasteiger partial charge is 0.253 e. The Morgan fingerprint density at radius 1 is 1.07 bits per heavy atom. The summed E-state index contributed by atoms with van der Waals surface area (Å²) in [6.45, 7) is 3.26. The third-order valence-corrected chi connectivity index (χ3v) is 5.05. The molecule has 3 heterocycles. The SMILES string of the molecule is O=C(c1ccc(OCc2cscn2)cc1)N1CCN(c2cnccn2)CC1. The van der Waals surface area contributed by atoms with E-state index in [9.17, 15) is 4.79 Å². The van der Waals surface area contributed by atoms with Crippen LogP contribution in [0.3, 0.4) is 0 Å². The van der Waals surface area contributed by atoms with Crippen LogP contribution in [0.1, 0.15) is 16.1 Å². The van der Waals surface area contributed by atoms with Gasteiger partial charge in [0.15, 0.2) is 0 Å². The molecule has 0 unspecified atom stereocenters. The average molecular weight is 381 g/mol. The summed E-state index contributed by atoms with van der Waals surface area (Å²) in [4.78, 5) is 29.4. The zero-order chi connectivity index (χ0) is 18.5. The van der Waals surface area contributed by atoms with Crippen molar-refractivity contribution in [2.75, 3.05) is 31.1 Å². The molecule has 27 heavy (non-hydrogen) atoms. The maximum Gasteiger partial charge on any atom is 0.253 e. The van der Waals surface area contributed by atoms with E-state index in [2.05, 4.69) is 19.9 Å². The number of piperazine rings is 1. The van der Waals surface area contributed by atoms with Crippen molar-refractivity contribution in [1.29, 1.82) is 0 Å². The Morgan fingerprint density at radius 3 is 2.56 bits per heavy atom. The lowest BCUT2D eigenvalue weighted by atomic mass is 10.1. The molecule has 1 aliphatic rings. The first-order valence-corrected chi connectivity index (χ1v) is 9.64. The molecule has 138 valence electrons. The average Bonchev–Trinajstić information content (AvgIpc) is 3.27. The molecule has 0 atom stereocenters. The molecule has 1 amide bonds. The highest BCUT2D eigenvalue weighted by Crippen LogP contribution is 2.17. The van der Waals surface area contributed by atoms with Gasteiger partial charge < -0.3 is 14.5 Å². The molecule has 1 aromatic carbocycles. The first-order chi connectivity index (χ1) is 13.3. The van der Waals surface area contributed by atoms with Crippen LogP contribution < -0.4 is 9.64 Å². The number of ether oxygens (including phenoxy) is 1. The number of aromatic nitrogens is 3. The Hall–Kier alpha value is -3.00. The van der Waals surface area contributed by atoms with Crippen molar-refractivity contribution in [2.24, 2.45) is 0 Å². The lowest BCUT2D eigenvalue weighted by Gasteiger charge is -2.35. The number of rotatable bonds is 5. The minimum atomic E-state index is 0.0415. The molecule has 4 rings (SSSR count). The Labute approximate surface area is 161 Å². The van der Waals surface area contributed by atoms with E-state index in [1.807, 2.05) is 34.5 Å². The molecule has 0 radical (unpaired) electrons. The van der Waals surface area contributed by atoms with Crippen LogP contribution in [0.2, 0.25) is 0 Å². The van der Waals surface area contributed by atoms with E-state index in [1.165, 1.54) is 0 Å². The molecule has 0 saturated carbocycles. The van der Waals surface area contributed by atoms with Crippen LogP contribution in [-0.2, 0) is 6.61 Å². The van der Waals surface area contributed by atoms with Crippen LogP contribution in [0.15, 0.2) is 53.7 Å². The second kappa shape index (κ2) is 8.13. The van der Waals surface area contributed by atoms with E-state index in [0.29, 0.717) is 25.3 Å². The topological polar surface area (TPSA) is 71.5 Å². The molecule has 2 aromatic heterocycles. The molecular formula is C19H19N5O2S. The number of anilines is 1. The summed E-state index contributed by atoms with van der Waals surface area (Å²) < 4.78 is 5.69. The van der Waals surface area contributed by atoms with E-state index in [0.717, 1.165) is 30.4 Å². The van der Waals surface area contributed by atoms with Crippen molar-refractivity contribution < 1.29 is 9.53 Å². The monoisotopic (exact) mass is 381 g/mol. The van der Waals surface area contributed by atoms with Gasteiger partial charge in [0.2, 0.25) is 0 Å². The number of carbonyl (C=O) groups excluding carboxylic acids is 1. The first kappa shape index (κ1) is 17.4. The van der Waals surface area contributed by atoms with Gasteiger partial charge in [-0.05, 0) is 24.3 Å². The Kier molecular flexibility index (Phi) is 5.24. The summed E-state index contributed by atoms with van der Waals surface area (Å²) in [6, 6.07) is 7.28. The van der Waals surface area contributed by atoms with Crippen LogP contribution in [0.25, 0.3) is 0 Å². The minimum absolute atomic E-state index is 0.0415. The van der Waals surface area contributed by atoms with Crippen molar-refractivity contribution >= 4 is 23.1 Å². The first-order valence-electron chi connectivity index (χ1n) is 8.70. The van der Waals surface area contributed by atoms with Crippen LogP contribution in [0, 0.1) is 0 Å². The molecule has 3 aromatic rings. The molecule has 0 N–H and O–H groups in total. The highest BCUT2D eigenvalue weighted by Gasteiger charge is 2.22. The number of thiazole rings is 1. The lowest BCUT2D eigenvalue weighted by molar-refractivity contribution is 0.0746. The zero-order valence-electron chi connectivity index (χ0n) is 14.7. The molecule has 0 bridgehead atoms. The number of hydrogen-bond acceptors (Lipinski definition) is 7. The fraction of sp³-hybridized carbons (Fsp3) is 0.263. The normalized spacial score (nSPS) is 14.2. The number of amides is 1. The van der Waals surface area contributed by atoms with Gasteiger partial charge in [0.05, 0.1) is 17.4 Å². The molecule has 8 heteroatoms. The van der Waals surface area contributed by atoms with Crippen molar-refractivity contribution in [3.63, 3.8) is 0 Å². The van der Waals surface area contributed by atoms with Crippen LogP contribution in [0.5, 0.6) is 5.75 Å². The maximum atomic E-state index is 12.7. The highest BCUT2D eigenvalue weighted by atomic mass is 32.1. The fourth-order valence-corrected chi connectivity index (χ4v) is 3.48. The predicted octanol–water partition coefficient (Wildman–Crippen LogP) is 2.47. The summed E-state index contributed by atoms with van der Waals surface area (Å²) in [5, 5.41) is 1.96. The molecule has 1 aliphatic heterocycles. The standard InChI is InChI=1S/C19H19N5O2S/c25-19(24-9-7-23(8-10-24)18-11-20-5-6-21-18)15-1-3-17(4-2-15)26-12-16-13-27-14-22-16/h1-6,11,13-14H,7-10,12H2. The van der Waals surface area contributed by atoms with Crippen molar-refractivity contribution in [3.05, 3.63) is 65.0 Å². The van der Waals surface area contributed by atoms with E-state index >= 15 is 0 Å². The van der Waals surface area contributed by atoms with Crippen molar-refractivity contribution in [2.45, 2.75) is 6.61 Å². The Bertz CT molecular complexity index is 863. The van der Waals surface area contributed by atoms with Gasteiger partial charge in [-0.1, -0.05) is 0 Å². The zero-order valence-corrected chi connectivity index (χ0v) is 15.5. The summed E-state index contributed by atoms with van der Waals surface area (Å²) in [7, 11) is 0. The van der Waals surface area contributed by atoms with Crippen LogP contribution in [-0.4, -0.2) is 51.9 Å². The Balaban J connectivity index is 1.32. The van der Waals surface area contributed by atoms with Crippen LogP contribution in [0.4, 0.5) is 5.82 Å². The number of benzene rings is 1. The number of hydrogen-bond donors (Lipinski definition) is 0. The summed E-state index contributed by atoms with van der Waals surface area (Å²) in [6.07, 6.45) is 5.10. The number of carbonyl (C=O) groups is 1. The summed E-state index contributed by atoms with van der Waals surface area (Å²) in [5.41, 5.74) is 3.36. The molecule has 7 nitrogen and oxygen atoms in total. The van der Waals surface area contributed by atoms with Crippen molar-refractivity contribution in [1.82, 2.24) is 19.9 Å². The third kappa shape index (κ3) is 4.22. The van der Waals surface area contributed by atoms with Gasteiger partial charge in [-0.15, -0.1) is 11.3 Å². The predicted molar refractivity (Wildman–Crippen MR) is 103 cm³/mol. The van der Waals surface area contributed by atoms with Crippen LogP contribution >= 0.6 is 11.3 Å². The van der Waals surface area contributed by atoms with Crippen molar-refractivity contribution in [3.8, 4) is 5.75 Å². The second-order valence-electron chi connectivity index (χ2n) is 6.14. The number of nitrogens with zero attached hydrogens (tertiary/aromatic N) is 5. The third-order valence-electron chi connectivity index (χ3n) is 4.41. The van der Waals surface area contributed by atoms with Gasteiger partial charge in [0, 0.05) is 49.5 Å². The summed E-state index contributed by atoms with van der Waals surface area (Å²) in [5.74, 6) is 1.62. The quantitative estimate of drug-likeness (QED) is 0.676. The Morgan fingerprint density at radius 2 is 1.89 bits per heavy atom. The molecule has 1 saturated heterocycles. The van der Waals surface area contributed by atoms with Gasteiger partial charge in [0.1, 0.15) is 18.2 Å².